The van der Waals surface area contributed by atoms with E-state index in [1.54, 1.807) is 13.8 Å². The quantitative estimate of drug-likeness (QED) is 0.250. The van der Waals surface area contributed by atoms with Gasteiger partial charge in [0.2, 0.25) is 0 Å². The molecular weight excluding hydrogens is 360 g/mol. The molecule has 0 bridgehead atoms. The van der Waals surface area contributed by atoms with E-state index in [0.717, 1.165) is 25.7 Å². The lowest BCUT2D eigenvalue weighted by Crippen LogP contribution is -2.27. The van der Waals surface area contributed by atoms with Gasteiger partial charge >= 0.3 is 11.9 Å². The third-order valence-corrected chi connectivity index (χ3v) is 3.97. The van der Waals surface area contributed by atoms with Crippen LogP contribution in [0.1, 0.15) is 66.2 Å². The predicted octanol–water partition coefficient (Wildman–Crippen LogP) is 3.96. The lowest BCUT2D eigenvalue weighted by molar-refractivity contribution is -0.147. The van der Waals surface area contributed by atoms with E-state index in [1.807, 2.05) is 13.8 Å². The molecule has 0 aromatic heterocycles. The van der Waals surface area contributed by atoms with Gasteiger partial charge in [0, 0.05) is 11.8 Å². The largest absolute Gasteiger partial charge is 0.464 e. The summed E-state index contributed by atoms with van der Waals surface area (Å²) in [6.07, 6.45) is 3.52. The first kappa shape index (κ1) is 25.5. The fraction of sp³-hybridized carbons (Fsp3) is 0.800. The van der Waals surface area contributed by atoms with Crippen LogP contribution in [0.5, 0.6) is 0 Å². The molecule has 0 aromatic rings. The number of esters is 2. The average Bonchev–Trinajstić information content (AvgIpc) is 2.69. The summed E-state index contributed by atoms with van der Waals surface area (Å²) in [6.45, 7) is 7.86. The molecule has 0 aliphatic carbocycles. The first-order valence-corrected chi connectivity index (χ1v) is 9.91. The van der Waals surface area contributed by atoms with E-state index < -0.39 is 35.9 Å². The molecule has 0 heterocycles. The zero-order valence-corrected chi connectivity index (χ0v) is 17.4. The molecule has 0 aromatic carbocycles. The van der Waals surface area contributed by atoms with Crippen molar-refractivity contribution in [1.82, 2.24) is 0 Å². The highest BCUT2D eigenvalue weighted by Gasteiger charge is 2.26. The maximum atomic E-state index is 12.3. The van der Waals surface area contributed by atoms with Crippen LogP contribution in [-0.2, 0) is 19.1 Å². The molecule has 8 heteroatoms. The number of carbonyl (C=O) groups excluding carboxylic acids is 2. The minimum absolute atomic E-state index is 0.149. The van der Waals surface area contributed by atoms with Crippen molar-refractivity contribution in [2.24, 2.45) is 22.1 Å². The zero-order valence-electron chi connectivity index (χ0n) is 17.4. The van der Waals surface area contributed by atoms with E-state index in [-0.39, 0.29) is 26.1 Å². The maximum absolute atomic E-state index is 12.3. The number of azo groups is 1. The van der Waals surface area contributed by atoms with Gasteiger partial charge in [-0.3, -0.25) is 0 Å². The molecule has 0 aliphatic heterocycles. The summed E-state index contributed by atoms with van der Waals surface area (Å²) in [5.41, 5.74) is 0. The molecule has 156 valence electrons. The smallest absolute Gasteiger partial charge is 0.332 e. The second-order valence-corrected chi connectivity index (χ2v) is 6.84. The lowest BCUT2D eigenvalue weighted by atomic mass is 10.0. The molecule has 0 spiro atoms. The molecule has 8 nitrogen and oxygen atoms in total. The SMILES string of the molecule is CCCCOC(=O)C(CC(C)C#N)N=NC(CC(C)C#N)C(=O)OCCCC. The highest BCUT2D eigenvalue weighted by Crippen LogP contribution is 2.15. The average molecular weight is 393 g/mol. The fourth-order valence-corrected chi connectivity index (χ4v) is 2.14. The van der Waals surface area contributed by atoms with Gasteiger partial charge in [-0.1, -0.05) is 26.7 Å². The van der Waals surface area contributed by atoms with Crippen LogP contribution in [0.2, 0.25) is 0 Å². The molecule has 4 atom stereocenters. The third kappa shape index (κ3) is 11.3. The van der Waals surface area contributed by atoms with Crippen molar-refractivity contribution >= 4 is 11.9 Å². The Bertz CT molecular complexity index is 530. The maximum Gasteiger partial charge on any atom is 0.332 e. The highest BCUT2D eigenvalue weighted by atomic mass is 16.5. The van der Waals surface area contributed by atoms with Gasteiger partial charge in [-0.25, -0.2) is 9.59 Å². The summed E-state index contributed by atoms with van der Waals surface area (Å²) in [4.78, 5) is 24.6. The van der Waals surface area contributed by atoms with Crippen LogP contribution in [0.25, 0.3) is 0 Å². The van der Waals surface area contributed by atoms with Crippen LogP contribution >= 0.6 is 0 Å². The second kappa shape index (κ2) is 15.6. The first-order chi connectivity index (χ1) is 13.4. The molecule has 4 unspecified atom stereocenters. The monoisotopic (exact) mass is 392 g/mol. The number of nitriles is 2. The van der Waals surface area contributed by atoms with Gasteiger partial charge in [-0.05, 0) is 39.5 Å². The Labute approximate surface area is 167 Å². The molecule has 0 fully saturated rings. The Morgan fingerprint density at radius 2 is 1.18 bits per heavy atom. The number of hydrogen-bond acceptors (Lipinski definition) is 8. The summed E-state index contributed by atoms with van der Waals surface area (Å²) < 4.78 is 10.4. The lowest BCUT2D eigenvalue weighted by Gasteiger charge is -2.15. The molecule has 0 aliphatic rings. The Kier molecular flexibility index (Phi) is 14.2. The number of ether oxygens (including phenoxy) is 2. The fourth-order valence-electron chi connectivity index (χ4n) is 2.14. The van der Waals surface area contributed by atoms with E-state index in [4.69, 9.17) is 20.0 Å². The van der Waals surface area contributed by atoms with Crippen LogP contribution in [0.15, 0.2) is 10.2 Å². The molecule has 0 radical (unpaired) electrons. The van der Waals surface area contributed by atoms with Crippen molar-refractivity contribution in [2.75, 3.05) is 13.2 Å². The standard InChI is InChI=1S/C20H32N4O4/c1-5-7-9-27-19(25)17(11-15(3)13-21)23-24-18(12-16(4)14-22)20(26)28-10-8-6-2/h15-18H,5-12H2,1-4H3. The summed E-state index contributed by atoms with van der Waals surface area (Å²) in [5, 5.41) is 26.1. The van der Waals surface area contributed by atoms with Gasteiger partial charge < -0.3 is 9.47 Å². The van der Waals surface area contributed by atoms with E-state index >= 15 is 0 Å². The molecule has 0 rings (SSSR count). The van der Waals surface area contributed by atoms with Gasteiger partial charge in [0.25, 0.3) is 0 Å². The van der Waals surface area contributed by atoms with Crippen molar-refractivity contribution in [3.8, 4) is 12.1 Å². The summed E-state index contributed by atoms with van der Waals surface area (Å²) in [5.74, 6) is -1.97. The van der Waals surface area contributed by atoms with Gasteiger partial charge in [0.15, 0.2) is 12.1 Å². The van der Waals surface area contributed by atoms with Gasteiger partial charge in [-0.15, -0.1) is 0 Å². The van der Waals surface area contributed by atoms with Crippen LogP contribution in [0, 0.1) is 34.5 Å². The number of unbranched alkanes of at least 4 members (excludes halogenated alkanes) is 2. The number of rotatable bonds is 14. The molecule has 28 heavy (non-hydrogen) atoms. The first-order valence-electron chi connectivity index (χ1n) is 9.91. The Morgan fingerprint density at radius 3 is 1.46 bits per heavy atom. The van der Waals surface area contributed by atoms with Crippen LogP contribution < -0.4 is 0 Å². The number of carbonyl (C=O) groups is 2. The van der Waals surface area contributed by atoms with Crippen molar-refractivity contribution in [3.63, 3.8) is 0 Å². The van der Waals surface area contributed by atoms with Crippen molar-refractivity contribution in [3.05, 3.63) is 0 Å². The Hall–Kier alpha value is -2.48. The van der Waals surface area contributed by atoms with Gasteiger partial charge in [0.05, 0.1) is 25.4 Å². The second-order valence-electron chi connectivity index (χ2n) is 6.84. The molecule has 0 amide bonds. The van der Waals surface area contributed by atoms with Gasteiger partial charge in [0.1, 0.15) is 0 Å². The number of nitrogens with zero attached hydrogens (tertiary/aromatic N) is 4. The third-order valence-electron chi connectivity index (χ3n) is 3.97. The highest BCUT2D eigenvalue weighted by molar-refractivity contribution is 5.77. The minimum atomic E-state index is -0.963. The van der Waals surface area contributed by atoms with Crippen LogP contribution in [-0.4, -0.2) is 37.2 Å². The van der Waals surface area contributed by atoms with E-state index in [0.29, 0.717) is 0 Å². The van der Waals surface area contributed by atoms with Crippen LogP contribution in [0.3, 0.4) is 0 Å². The van der Waals surface area contributed by atoms with E-state index in [2.05, 4.69) is 22.4 Å². The van der Waals surface area contributed by atoms with Crippen molar-refractivity contribution in [1.29, 1.82) is 10.5 Å². The molecule has 0 N–H and O–H groups in total. The van der Waals surface area contributed by atoms with E-state index in [9.17, 15) is 9.59 Å². The van der Waals surface area contributed by atoms with E-state index in [1.165, 1.54) is 0 Å². The van der Waals surface area contributed by atoms with Crippen molar-refractivity contribution < 1.29 is 19.1 Å². The summed E-state index contributed by atoms with van der Waals surface area (Å²) in [7, 11) is 0. The molecular formula is C20H32N4O4. The van der Waals surface area contributed by atoms with Gasteiger partial charge in [-0.2, -0.15) is 20.8 Å². The Morgan fingerprint density at radius 1 is 0.821 bits per heavy atom. The summed E-state index contributed by atoms with van der Waals surface area (Å²) in [6, 6.07) is 2.19. The minimum Gasteiger partial charge on any atom is -0.464 e. The summed E-state index contributed by atoms with van der Waals surface area (Å²) >= 11 is 0. The number of hydrogen-bond donors (Lipinski definition) is 0. The topological polar surface area (TPSA) is 125 Å². The predicted molar refractivity (Wildman–Crippen MR) is 103 cm³/mol. The Balaban J connectivity index is 5.25. The zero-order chi connectivity index (χ0) is 21.4. The molecule has 0 saturated heterocycles. The normalized spacial score (nSPS) is 15.1. The van der Waals surface area contributed by atoms with Crippen molar-refractivity contribution in [2.45, 2.75) is 78.3 Å². The molecule has 0 saturated carbocycles. The van der Waals surface area contributed by atoms with Crippen LogP contribution in [0.4, 0.5) is 0 Å².